The fourth-order valence-electron chi connectivity index (χ4n) is 4.44. The SMILES string of the molecule is CSC(c1ccccc1)(c1ccccc1)C(NC(C)C(=O)N1CCCC1C(=O)O)C(=O)O. The third-order valence-electron chi connectivity index (χ3n) is 5.99. The Morgan fingerprint density at radius 2 is 1.56 bits per heavy atom. The average Bonchev–Trinajstić information content (AvgIpc) is 3.30. The fourth-order valence-corrected chi connectivity index (χ4v) is 5.59. The van der Waals surface area contributed by atoms with Gasteiger partial charge in [0.15, 0.2) is 0 Å². The van der Waals surface area contributed by atoms with Gasteiger partial charge in [-0.2, -0.15) is 0 Å². The Kier molecular flexibility index (Phi) is 7.58. The molecule has 8 heteroatoms. The molecule has 1 aliphatic rings. The minimum atomic E-state index is -1.15. The van der Waals surface area contributed by atoms with Crippen molar-refractivity contribution < 1.29 is 24.6 Å². The number of nitrogens with one attached hydrogen (secondary N) is 1. The summed E-state index contributed by atoms with van der Waals surface area (Å²) in [6.45, 7) is 1.95. The first kappa shape index (κ1) is 23.8. The number of rotatable bonds is 9. The summed E-state index contributed by atoms with van der Waals surface area (Å²) >= 11 is 1.39. The van der Waals surface area contributed by atoms with Gasteiger partial charge in [-0.25, -0.2) is 4.79 Å². The largest absolute Gasteiger partial charge is 0.480 e. The van der Waals surface area contributed by atoms with Crippen molar-refractivity contribution in [1.29, 1.82) is 0 Å². The molecule has 1 saturated heterocycles. The summed E-state index contributed by atoms with van der Waals surface area (Å²) in [5, 5.41) is 22.8. The number of carbonyl (C=O) groups is 3. The van der Waals surface area contributed by atoms with Gasteiger partial charge in [0.1, 0.15) is 12.1 Å². The molecule has 3 rings (SSSR count). The molecule has 0 bridgehead atoms. The number of carboxylic acids is 2. The van der Waals surface area contributed by atoms with Crippen LogP contribution in [0.2, 0.25) is 0 Å². The average molecular weight is 457 g/mol. The number of likely N-dealkylation sites (tertiary alicyclic amines) is 1. The van der Waals surface area contributed by atoms with Crippen LogP contribution in [0.5, 0.6) is 0 Å². The predicted octanol–water partition coefficient (Wildman–Crippen LogP) is 2.80. The van der Waals surface area contributed by atoms with E-state index in [1.54, 1.807) is 6.92 Å². The highest BCUT2D eigenvalue weighted by atomic mass is 32.2. The molecule has 1 amide bonds. The van der Waals surface area contributed by atoms with E-state index < -0.39 is 40.7 Å². The van der Waals surface area contributed by atoms with E-state index in [-0.39, 0.29) is 0 Å². The smallest absolute Gasteiger partial charge is 0.326 e. The number of benzene rings is 2. The highest BCUT2D eigenvalue weighted by molar-refractivity contribution is 7.99. The Labute approximate surface area is 191 Å². The van der Waals surface area contributed by atoms with Gasteiger partial charge in [0.05, 0.1) is 10.8 Å². The van der Waals surface area contributed by atoms with Gasteiger partial charge < -0.3 is 15.1 Å². The summed E-state index contributed by atoms with van der Waals surface area (Å²) < 4.78 is -1.01. The van der Waals surface area contributed by atoms with Gasteiger partial charge in [-0.3, -0.25) is 14.9 Å². The van der Waals surface area contributed by atoms with Gasteiger partial charge in [0.25, 0.3) is 0 Å². The predicted molar refractivity (Wildman–Crippen MR) is 124 cm³/mol. The molecule has 1 fully saturated rings. The van der Waals surface area contributed by atoms with E-state index in [0.29, 0.717) is 19.4 Å². The molecule has 2 aromatic carbocycles. The lowest BCUT2D eigenvalue weighted by Crippen LogP contribution is -2.59. The first-order valence-corrected chi connectivity index (χ1v) is 11.7. The van der Waals surface area contributed by atoms with Crippen LogP contribution < -0.4 is 5.32 Å². The molecule has 7 nitrogen and oxygen atoms in total. The number of nitrogens with zero attached hydrogens (tertiary/aromatic N) is 1. The molecule has 3 N–H and O–H groups in total. The van der Waals surface area contributed by atoms with Crippen LogP contribution in [0.25, 0.3) is 0 Å². The number of carboxylic acid groups (broad SMARTS) is 2. The van der Waals surface area contributed by atoms with E-state index >= 15 is 0 Å². The van der Waals surface area contributed by atoms with Gasteiger partial charge in [-0.05, 0) is 37.1 Å². The monoisotopic (exact) mass is 456 g/mol. The normalized spacial score (nSPS) is 18.2. The lowest BCUT2D eigenvalue weighted by Gasteiger charge is -2.40. The first-order valence-electron chi connectivity index (χ1n) is 10.5. The maximum absolute atomic E-state index is 13.1. The van der Waals surface area contributed by atoms with E-state index in [2.05, 4.69) is 5.32 Å². The quantitative estimate of drug-likeness (QED) is 0.533. The number of carbonyl (C=O) groups excluding carboxylic acids is 1. The van der Waals surface area contributed by atoms with Crippen LogP contribution in [0, 0.1) is 0 Å². The van der Waals surface area contributed by atoms with Crippen molar-refractivity contribution in [2.75, 3.05) is 12.8 Å². The van der Waals surface area contributed by atoms with Crippen molar-refractivity contribution in [3.63, 3.8) is 0 Å². The van der Waals surface area contributed by atoms with Gasteiger partial charge in [0, 0.05) is 6.54 Å². The molecule has 3 unspecified atom stereocenters. The third-order valence-corrected chi connectivity index (χ3v) is 7.34. The standard InChI is InChI=1S/C24H28N2O5S/c1-16(21(27)26-15-9-14-19(26)22(28)29)25-20(23(30)31)24(32-2,17-10-5-3-6-11-17)18-12-7-4-8-13-18/h3-8,10-13,16,19-20,25H,9,14-15H2,1-2H3,(H,28,29)(H,30,31). The summed E-state index contributed by atoms with van der Waals surface area (Å²) in [7, 11) is 0. The maximum atomic E-state index is 13.1. The maximum Gasteiger partial charge on any atom is 0.326 e. The van der Waals surface area contributed by atoms with E-state index in [0.717, 1.165) is 11.1 Å². The highest BCUT2D eigenvalue weighted by Crippen LogP contribution is 2.45. The van der Waals surface area contributed by atoms with Crippen molar-refractivity contribution in [2.24, 2.45) is 0 Å². The molecule has 170 valence electrons. The molecule has 0 radical (unpaired) electrons. The fraction of sp³-hybridized carbons (Fsp3) is 0.375. The molecular weight excluding hydrogens is 428 g/mol. The number of amides is 1. The van der Waals surface area contributed by atoms with Crippen LogP contribution in [-0.4, -0.2) is 63.9 Å². The molecule has 0 aromatic heterocycles. The van der Waals surface area contributed by atoms with E-state index in [1.165, 1.54) is 16.7 Å². The second-order valence-electron chi connectivity index (χ2n) is 7.86. The summed E-state index contributed by atoms with van der Waals surface area (Å²) in [6.07, 6.45) is 2.87. The number of hydrogen-bond acceptors (Lipinski definition) is 5. The van der Waals surface area contributed by atoms with E-state index in [9.17, 15) is 24.6 Å². The van der Waals surface area contributed by atoms with Crippen LogP contribution in [0.15, 0.2) is 60.7 Å². The Balaban J connectivity index is 2.01. The molecule has 3 atom stereocenters. The Morgan fingerprint density at radius 1 is 1.03 bits per heavy atom. The van der Waals surface area contributed by atoms with Crippen LogP contribution in [-0.2, 0) is 19.1 Å². The Bertz CT molecular complexity index is 914. The second-order valence-corrected chi connectivity index (χ2v) is 8.91. The molecule has 32 heavy (non-hydrogen) atoms. The minimum absolute atomic E-state index is 0.352. The van der Waals surface area contributed by atoms with Gasteiger partial charge in [0.2, 0.25) is 5.91 Å². The van der Waals surface area contributed by atoms with Crippen LogP contribution >= 0.6 is 11.8 Å². The van der Waals surface area contributed by atoms with Crippen LogP contribution in [0.1, 0.15) is 30.9 Å². The van der Waals surface area contributed by atoms with Crippen molar-refractivity contribution in [3.8, 4) is 0 Å². The molecule has 1 aliphatic heterocycles. The number of thioether (sulfide) groups is 1. The molecule has 0 aliphatic carbocycles. The number of hydrogen-bond donors (Lipinski definition) is 3. The lowest BCUT2D eigenvalue weighted by molar-refractivity contribution is -0.149. The van der Waals surface area contributed by atoms with Crippen molar-refractivity contribution in [2.45, 2.75) is 42.6 Å². The van der Waals surface area contributed by atoms with Crippen molar-refractivity contribution >= 4 is 29.6 Å². The molecule has 0 saturated carbocycles. The Morgan fingerprint density at radius 3 is 2.00 bits per heavy atom. The summed E-state index contributed by atoms with van der Waals surface area (Å²) in [6, 6.07) is 15.8. The number of aliphatic carboxylic acids is 2. The molecule has 0 spiro atoms. The lowest BCUT2D eigenvalue weighted by atomic mass is 9.83. The van der Waals surface area contributed by atoms with Gasteiger partial charge in [-0.1, -0.05) is 60.7 Å². The second kappa shape index (κ2) is 10.2. The minimum Gasteiger partial charge on any atom is -0.480 e. The first-order chi connectivity index (χ1) is 15.3. The molecule has 1 heterocycles. The van der Waals surface area contributed by atoms with Crippen molar-refractivity contribution in [1.82, 2.24) is 10.2 Å². The zero-order chi connectivity index (χ0) is 23.3. The van der Waals surface area contributed by atoms with E-state index in [1.807, 2.05) is 66.9 Å². The van der Waals surface area contributed by atoms with Gasteiger partial charge >= 0.3 is 11.9 Å². The highest BCUT2D eigenvalue weighted by Gasteiger charge is 2.47. The summed E-state index contributed by atoms with van der Waals surface area (Å²) in [5.41, 5.74) is 1.59. The van der Waals surface area contributed by atoms with Crippen LogP contribution in [0.4, 0.5) is 0 Å². The topological polar surface area (TPSA) is 107 Å². The summed E-state index contributed by atoms with van der Waals surface area (Å²) in [5.74, 6) is -2.54. The van der Waals surface area contributed by atoms with Crippen LogP contribution in [0.3, 0.4) is 0 Å². The van der Waals surface area contributed by atoms with E-state index in [4.69, 9.17) is 0 Å². The molecular formula is C24H28N2O5S. The van der Waals surface area contributed by atoms with Crippen molar-refractivity contribution in [3.05, 3.63) is 71.8 Å². The zero-order valence-electron chi connectivity index (χ0n) is 18.1. The summed E-state index contributed by atoms with van der Waals surface area (Å²) in [4.78, 5) is 38.6. The Hall–Kier alpha value is -2.84. The zero-order valence-corrected chi connectivity index (χ0v) is 18.9. The van der Waals surface area contributed by atoms with Gasteiger partial charge in [-0.15, -0.1) is 11.8 Å². The molecule has 2 aromatic rings. The third kappa shape index (κ3) is 4.52.